The molecule has 0 aliphatic carbocycles. The van der Waals surface area contributed by atoms with Gasteiger partial charge in [0, 0.05) is 37.3 Å². The Morgan fingerprint density at radius 2 is 1.94 bits per heavy atom. The van der Waals surface area contributed by atoms with Gasteiger partial charge in [0.15, 0.2) is 0 Å². The number of piperazine rings is 1. The zero-order valence-electron chi connectivity index (χ0n) is 10.0. The molecule has 5 heteroatoms. The molecule has 1 fully saturated rings. The maximum absolute atomic E-state index is 6.08. The molecular weight excluding hydrogens is 240 g/mol. The molecule has 94 valence electrons. The average molecular weight is 257 g/mol. The SMILES string of the molecule is COc1cc(C2CNCCN2)c(OC)cc1Cl. The summed E-state index contributed by atoms with van der Waals surface area (Å²) in [6.07, 6.45) is 0. The first-order valence-corrected chi connectivity index (χ1v) is 5.99. The molecule has 2 N–H and O–H groups in total. The quantitative estimate of drug-likeness (QED) is 0.862. The van der Waals surface area contributed by atoms with Crippen molar-refractivity contribution in [3.63, 3.8) is 0 Å². The van der Waals surface area contributed by atoms with Crippen LogP contribution in [0.15, 0.2) is 12.1 Å². The lowest BCUT2D eigenvalue weighted by molar-refractivity contribution is 0.375. The van der Waals surface area contributed by atoms with Crippen LogP contribution in [0, 0.1) is 0 Å². The molecule has 0 amide bonds. The van der Waals surface area contributed by atoms with Gasteiger partial charge in [-0.3, -0.25) is 0 Å². The molecule has 1 saturated heterocycles. The molecule has 4 nitrogen and oxygen atoms in total. The second kappa shape index (κ2) is 5.58. The lowest BCUT2D eigenvalue weighted by atomic mass is 10.0. The zero-order valence-corrected chi connectivity index (χ0v) is 10.8. The third kappa shape index (κ3) is 2.65. The predicted molar refractivity (Wildman–Crippen MR) is 68.2 cm³/mol. The van der Waals surface area contributed by atoms with E-state index in [0.717, 1.165) is 30.9 Å². The first kappa shape index (κ1) is 12.5. The fraction of sp³-hybridized carbons (Fsp3) is 0.500. The number of hydrogen-bond acceptors (Lipinski definition) is 4. The molecule has 17 heavy (non-hydrogen) atoms. The van der Waals surface area contributed by atoms with E-state index in [1.54, 1.807) is 20.3 Å². The Morgan fingerprint density at radius 3 is 2.53 bits per heavy atom. The highest BCUT2D eigenvalue weighted by atomic mass is 35.5. The Kier molecular flexibility index (Phi) is 4.10. The summed E-state index contributed by atoms with van der Waals surface area (Å²) in [6.45, 7) is 2.81. The van der Waals surface area contributed by atoms with E-state index in [2.05, 4.69) is 10.6 Å². The molecular formula is C12H17ClN2O2. The largest absolute Gasteiger partial charge is 0.496 e. The lowest BCUT2D eigenvalue weighted by Crippen LogP contribution is -2.42. The fourth-order valence-corrected chi connectivity index (χ4v) is 2.26. The monoisotopic (exact) mass is 256 g/mol. The molecule has 1 aliphatic heterocycles. The molecule has 1 aromatic carbocycles. The molecule has 1 heterocycles. The van der Waals surface area contributed by atoms with E-state index in [1.807, 2.05) is 6.07 Å². The first-order chi connectivity index (χ1) is 8.26. The Bertz CT molecular complexity index is 392. The summed E-state index contributed by atoms with van der Waals surface area (Å²) in [5.74, 6) is 1.46. The van der Waals surface area contributed by atoms with E-state index in [9.17, 15) is 0 Å². The summed E-state index contributed by atoms with van der Waals surface area (Å²) in [4.78, 5) is 0. The van der Waals surface area contributed by atoms with Crippen molar-refractivity contribution in [2.75, 3.05) is 33.9 Å². The molecule has 1 unspecified atom stereocenters. The summed E-state index contributed by atoms with van der Waals surface area (Å²) in [7, 11) is 3.27. The molecule has 0 saturated carbocycles. The van der Waals surface area contributed by atoms with Gasteiger partial charge in [0.2, 0.25) is 0 Å². The summed E-state index contributed by atoms with van der Waals surface area (Å²) < 4.78 is 10.6. The van der Waals surface area contributed by atoms with Crippen molar-refractivity contribution in [1.82, 2.24) is 10.6 Å². The molecule has 1 atom stereocenters. The van der Waals surface area contributed by atoms with Gasteiger partial charge in [-0.1, -0.05) is 11.6 Å². The highest BCUT2D eigenvalue weighted by molar-refractivity contribution is 6.32. The number of halogens is 1. The highest BCUT2D eigenvalue weighted by Crippen LogP contribution is 2.35. The van der Waals surface area contributed by atoms with Crippen molar-refractivity contribution in [3.8, 4) is 11.5 Å². The Labute approximate surface area is 106 Å². The van der Waals surface area contributed by atoms with Crippen LogP contribution >= 0.6 is 11.6 Å². The smallest absolute Gasteiger partial charge is 0.138 e. The Balaban J connectivity index is 2.35. The van der Waals surface area contributed by atoms with Crippen LogP contribution in [0.3, 0.4) is 0 Å². The van der Waals surface area contributed by atoms with Gasteiger partial charge in [0.1, 0.15) is 11.5 Å². The van der Waals surface area contributed by atoms with Crippen LogP contribution in [0.4, 0.5) is 0 Å². The predicted octanol–water partition coefficient (Wildman–Crippen LogP) is 1.59. The second-order valence-corrected chi connectivity index (χ2v) is 4.35. The van der Waals surface area contributed by atoms with Crippen LogP contribution in [0.5, 0.6) is 11.5 Å². The van der Waals surface area contributed by atoms with E-state index >= 15 is 0 Å². The maximum atomic E-state index is 6.08. The fourth-order valence-electron chi connectivity index (χ4n) is 2.03. The number of ether oxygens (including phenoxy) is 2. The van der Waals surface area contributed by atoms with Gasteiger partial charge in [0.05, 0.1) is 19.2 Å². The Hall–Kier alpha value is -0.970. The third-order valence-electron chi connectivity index (χ3n) is 2.92. The van der Waals surface area contributed by atoms with Gasteiger partial charge in [-0.2, -0.15) is 0 Å². The van der Waals surface area contributed by atoms with E-state index < -0.39 is 0 Å². The van der Waals surface area contributed by atoms with Gasteiger partial charge >= 0.3 is 0 Å². The van der Waals surface area contributed by atoms with E-state index in [0.29, 0.717) is 10.8 Å². The maximum Gasteiger partial charge on any atom is 0.138 e. The van der Waals surface area contributed by atoms with Crippen molar-refractivity contribution in [2.24, 2.45) is 0 Å². The van der Waals surface area contributed by atoms with E-state index in [-0.39, 0.29) is 6.04 Å². The van der Waals surface area contributed by atoms with Crippen molar-refractivity contribution in [2.45, 2.75) is 6.04 Å². The van der Waals surface area contributed by atoms with Gasteiger partial charge in [-0.05, 0) is 6.07 Å². The minimum atomic E-state index is 0.227. The van der Waals surface area contributed by atoms with Crippen molar-refractivity contribution in [1.29, 1.82) is 0 Å². The highest BCUT2D eigenvalue weighted by Gasteiger charge is 2.20. The molecule has 0 radical (unpaired) electrons. The third-order valence-corrected chi connectivity index (χ3v) is 3.22. The topological polar surface area (TPSA) is 42.5 Å². The molecule has 1 aliphatic rings. The second-order valence-electron chi connectivity index (χ2n) is 3.94. The van der Waals surface area contributed by atoms with Gasteiger partial charge in [-0.25, -0.2) is 0 Å². The standard InChI is InChI=1S/C12H17ClN2O2/c1-16-11-6-9(13)12(17-2)5-8(11)10-7-14-3-4-15-10/h5-6,10,14-15H,3-4,7H2,1-2H3. The summed E-state index contributed by atoms with van der Waals surface area (Å²) >= 11 is 6.08. The average Bonchev–Trinajstić information content (AvgIpc) is 2.39. The van der Waals surface area contributed by atoms with Crippen LogP contribution in [0.2, 0.25) is 5.02 Å². The van der Waals surface area contributed by atoms with Gasteiger partial charge < -0.3 is 20.1 Å². The van der Waals surface area contributed by atoms with E-state index in [1.165, 1.54) is 0 Å². The first-order valence-electron chi connectivity index (χ1n) is 5.61. The van der Waals surface area contributed by atoms with E-state index in [4.69, 9.17) is 21.1 Å². The zero-order chi connectivity index (χ0) is 12.3. The molecule has 2 rings (SSSR count). The molecule has 0 aromatic heterocycles. The number of hydrogen-bond donors (Lipinski definition) is 2. The number of rotatable bonds is 3. The summed E-state index contributed by atoms with van der Waals surface area (Å²) in [5, 5.41) is 7.35. The van der Waals surface area contributed by atoms with Gasteiger partial charge in [-0.15, -0.1) is 0 Å². The van der Waals surface area contributed by atoms with Crippen molar-refractivity contribution in [3.05, 3.63) is 22.7 Å². The normalized spacial score (nSPS) is 20.1. The minimum absolute atomic E-state index is 0.227. The van der Waals surface area contributed by atoms with Crippen LogP contribution in [-0.4, -0.2) is 33.9 Å². The van der Waals surface area contributed by atoms with Gasteiger partial charge in [0.25, 0.3) is 0 Å². The molecule has 0 bridgehead atoms. The van der Waals surface area contributed by atoms with Crippen LogP contribution in [0.1, 0.15) is 11.6 Å². The lowest BCUT2D eigenvalue weighted by Gasteiger charge is -2.26. The van der Waals surface area contributed by atoms with Crippen LogP contribution in [-0.2, 0) is 0 Å². The minimum Gasteiger partial charge on any atom is -0.496 e. The molecule has 1 aromatic rings. The summed E-state index contributed by atoms with van der Waals surface area (Å²) in [5.41, 5.74) is 1.07. The van der Waals surface area contributed by atoms with Crippen molar-refractivity contribution >= 4 is 11.6 Å². The number of methoxy groups -OCH3 is 2. The Morgan fingerprint density at radius 1 is 1.18 bits per heavy atom. The number of benzene rings is 1. The van der Waals surface area contributed by atoms with Crippen LogP contribution in [0.25, 0.3) is 0 Å². The number of nitrogens with one attached hydrogen (secondary N) is 2. The van der Waals surface area contributed by atoms with Crippen LogP contribution < -0.4 is 20.1 Å². The molecule has 0 spiro atoms. The summed E-state index contributed by atoms with van der Waals surface area (Å²) in [6, 6.07) is 3.96. The van der Waals surface area contributed by atoms with Crippen molar-refractivity contribution < 1.29 is 9.47 Å².